The van der Waals surface area contributed by atoms with E-state index in [1.807, 2.05) is 24.4 Å². The van der Waals surface area contributed by atoms with Crippen LogP contribution < -0.4 is 5.32 Å². The van der Waals surface area contributed by atoms with E-state index in [1.165, 1.54) is 9.35 Å². The Morgan fingerprint density at radius 1 is 1.44 bits per heavy atom. The maximum Gasteiger partial charge on any atom is 0.0541 e. The van der Waals surface area contributed by atoms with E-state index in [4.69, 9.17) is 0 Å². The molecule has 0 saturated carbocycles. The zero-order valence-corrected chi connectivity index (χ0v) is 11.4. The second-order valence-corrected chi connectivity index (χ2v) is 5.36. The Kier molecular flexibility index (Phi) is 4.09. The molecule has 4 heteroatoms. The number of halogens is 1. The highest BCUT2D eigenvalue weighted by molar-refractivity contribution is 9.10. The van der Waals surface area contributed by atoms with Gasteiger partial charge in [-0.3, -0.25) is 4.98 Å². The Balaban J connectivity index is 1.94. The van der Waals surface area contributed by atoms with Crippen LogP contribution in [0.15, 0.2) is 40.3 Å². The summed E-state index contributed by atoms with van der Waals surface area (Å²) in [4.78, 5) is 5.61. The van der Waals surface area contributed by atoms with E-state index in [-0.39, 0.29) is 0 Å². The van der Waals surface area contributed by atoms with Crippen LogP contribution in [-0.4, -0.2) is 4.98 Å². The van der Waals surface area contributed by atoms with Gasteiger partial charge in [0, 0.05) is 28.1 Å². The maximum absolute atomic E-state index is 4.28. The average molecular weight is 297 g/mol. The van der Waals surface area contributed by atoms with Gasteiger partial charge in [0.05, 0.1) is 5.69 Å². The Hall–Kier alpha value is -0.710. The maximum atomic E-state index is 4.28. The van der Waals surface area contributed by atoms with E-state index in [0.29, 0.717) is 6.04 Å². The largest absolute Gasteiger partial charge is 0.304 e. The lowest BCUT2D eigenvalue weighted by Gasteiger charge is -2.12. The van der Waals surface area contributed by atoms with Gasteiger partial charge >= 0.3 is 0 Å². The van der Waals surface area contributed by atoms with Crippen molar-refractivity contribution in [2.24, 2.45) is 0 Å². The molecular weight excluding hydrogens is 284 g/mol. The Morgan fingerprint density at radius 2 is 2.31 bits per heavy atom. The summed E-state index contributed by atoms with van der Waals surface area (Å²) in [7, 11) is 0. The molecule has 0 radical (unpaired) electrons. The summed E-state index contributed by atoms with van der Waals surface area (Å²) in [6, 6.07) is 8.40. The fourth-order valence-corrected chi connectivity index (χ4v) is 3.22. The molecule has 0 saturated heterocycles. The van der Waals surface area contributed by atoms with Gasteiger partial charge in [0.15, 0.2) is 0 Å². The van der Waals surface area contributed by atoms with Crippen LogP contribution in [-0.2, 0) is 6.54 Å². The molecule has 2 rings (SSSR count). The molecule has 0 aromatic carbocycles. The standard InChI is InChI=1S/C12H13BrN2S/c1-9(12-11(13)5-7-16-12)15-8-10-4-2-3-6-14-10/h2-7,9,15H,8H2,1H3. The zero-order valence-electron chi connectivity index (χ0n) is 8.98. The molecule has 16 heavy (non-hydrogen) atoms. The first-order chi connectivity index (χ1) is 7.77. The van der Waals surface area contributed by atoms with E-state index >= 15 is 0 Å². The van der Waals surface area contributed by atoms with Gasteiger partial charge < -0.3 is 5.32 Å². The summed E-state index contributed by atoms with van der Waals surface area (Å²) in [5.41, 5.74) is 1.07. The minimum Gasteiger partial charge on any atom is -0.304 e. The minimum atomic E-state index is 0.344. The number of aromatic nitrogens is 1. The number of pyridine rings is 1. The lowest BCUT2D eigenvalue weighted by atomic mass is 10.2. The van der Waals surface area contributed by atoms with E-state index in [0.717, 1.165) is 12.2 Å². The number of hydrogen-bond donors (Lipinski definition) is 1. The summed E-state index contributed by atoms with van der Waals surface area (Å²) < 4.78 is 1.18. The molecule has 0 aliphatic carbocycles. The third-order valence-electron chi connectivity index (χ3n) is 2.35. The first-order valence-electron chi connectivity index (χ1n) is 5.13. The quantitative estimate of drug-likeness (QED) is 0.929. The number of hydrogen-bond acceptors (Lipinski definition) is 3. The van der Waals surface area contributed by atoms with Crippen molar-refractivity contribution in [1.82, 2.24) is 10.3 Å². The van der Waals surface area contributed by atoms with Gasteiger partial charge in [-0.2, -0.15) is 0 Å². The predicted molar refractivity (Wildman–Crippen MR) is 71.5 cm³/mol. The monoisotopic (exact) mass is 296 g/mol. The molecule has 0 amide bonds. The van der Waals surface area contributed by atoms with Crippen LogP contribution in [0.2, 0.25) is 0 Å². The predicted octanol–water partition coefficient (Wildman–Crippen LogP) is 3.76. The topological polar surface area (TPSA) is 24.9 Å². The molecule has 1 unspecified atom stereocenters. The van der Waals surface area contributed by atoms with Gasteiger partial charge in [0.2, 0.25) is 0 Å². The van der Waals surface area contributed by atoms with Crippen LogP contribution in [0.5, 0.6) is 0 Å². The molecule has 1 N–H and O–H groups in total. The van der Waals surface area contributed by atoms with Gasteiger partial charge in [0.25, 0.3) is 0 Å². The average Bonchev–Trinajstić information content (AvgIpc) is 2.74. The van der Waals surface area contributed by atoms with Crippen LogP contribution in [0.4, 0.5) is 0 Å². The molecule has 1 atom stereocenters. The highest BCUT2D eigenvalue weighted by Gasteiger charge is 2.09. The van der Waals surface area contributed by atoms with Crippen LogP contribution in [0.1, 0.15) is 23.5 Å². The number of nitrogens with zero attached hydrogens (tertiary/aromatic N) is 1. The van der Waals surface area contributed by atoms with Gasteiger partial charge in [-0.25, -0.2) is 0 Å². The van der Waals surface area contributed by atoms with Gasteiger partial charge in [-0.1, -0.05) is 6.07 Å². The fourth-order valence-electron chi connectivity index (χ4n) is 1.47. The van der Waals surface area contributed by atoms with E-state index < -0.39 is 0 Å². The smallest absolute Gasteiger partial charge is 0.0541 e. The van der Waals surface area contributed by atoms with Crippen molar-refractivity contribution in [3.63, 3.8) is 0 Å². The van der Waals surface area contributed by atoms with Crippen LogP contribution >= 0.6 is 27.3 Å². The van der Waals surface area contributed by atoms with Crippen LogP contribution in [0.3, 0.4) is 0 Å². The number of rotatable bonds is 4. The fraction of sp³-hybridized carbons (Fsp3) is 0.250. The van der Waals surface area contributed by atoms with Gasteiger partial charge in [-0.15, -0.1) is 11.3 Å². The zero-order chi connectivity index (χ0) is 11.4. The minimum absolute atomic E-state index is 0.344. The van der Waals surface area contributed by atoms with Crippen molar-refractivity contribution in [1.29, 1.82) is 0 Å². The molecule has 0 spiro atoms. The van der Waals surface area contributed by atoms with E-state index in [1.54, 1.807) is 11.3 Å². The van der Waals surface area contributed by atoms with Crippen molar-refractivity contribution < 1.29 is 0 Å². The lowest BCUT2D eigenvalue weighted by Crippen LogP contribution is -2.18. The number of nitrogens with one attached hydrogen (secondary N) is 1. The molecule has 2 nitrogen and oxygen atoms in total. The van der Waals surface area contributed by atoms with Crippen molar-refractivity contribution in [2.75, 3.05) is 0 Å². The molecule has 0 fully saturated rings. The molecule has 0 bridgehead atoms. The molecule has 0 aliphatic heterocycles. The summed E-state index contributed by atoms with van der Waals surface area (Å²) >= 11 is 5.31. The van der Waals surface area contributed by atoms with E-state index in [9.17, 15) is 0 Å². The highest BCUT2D eigenvalue weighted by Crippen LogP contribution is 2.28. The molecule has 2 aromatic heterocycles. The van der Waals surface area contributed by atoms with Gasteiger partial charge in [-0.05, 0) is 46.4 Å². The summed E-state index contributed by atoms with van der Waals surface area (Å²) in [5, 5.41) is 5.56. The van der Waals surface area contributed by atoms with Crippen molar-refractivity contribution >= 4 is 27.3 Å². The summed E-state index contributed by atoms with van der Waals surface area (Å²) in [6.45, 7) is 2.96. The van der Waals surface area contributed by atoms with Gasteiger partial charge in [0.1, 0.15) is 0 Å². The highest BCUT2D eigenvalue weighted by atomic mass is 79.9. The van der Waals surface area contributed by atoms with Crippen LogP contribution in [0, 0.1) is 0 Å². The third-order valence-corrected chi connectivity index (χ3v) is 4.41. The summed E-state index contributed by atoms with van der Waals surface area (Å²) in [5.74, 6) is 0. The van der Waals surface area contributed by atoms with E-state index in [2.05, 4.69) is 44.6 Å². The first kappa shape index (κ1) is 11.8. The second-order valence-electron chi connectivity index (χ2n) is 3.56. The SMILES string of the molecule is CC(NCc1ccccn1)c1sccc1Br. The number of thiophene rings is 1. The molecule has 0 aliphatic rings. The van der Waals surface area contributed by atoms with Crippen LogP contribution in [0.25, 0.3) is 0 Å². The molecule has 2 aromatic rings. The molecule has 2 heterocycles. The normalized spacial score (nSPS) is 12.6. The Morgan fingerprint density at radius 3 is 2.94 bits per heavy atom. The Bertz CT molecular complexity index is 441. The summed E-state index contributed by atoms with van der Waals surface area (Å²) in [6.07, 6.45) is 1.82. The third kappa shape index (κ3) is 2.90. The van der Waals surface area contributed by atoms with Crippen molar-refractivity contribution in [3.05, 3.63) is 50.9 Å². The second kappa shape index (κ2) is 5.57. The lowest BCUT2D eigenvalue weighted by molar-refractivity contribution is 0.574. The molecular formula is C12H13BrN2S. The van der Waals surface area contributed by atoms with Crippen molar-refractivity contribution in [2.45, 2.75) is 19.5 Å². The first-order valence-corrected chi connectivity index (χ1v) is 6.81. The van der Waals surface area contributed by atoms with Crippen molar-refractivity contribution in [3.8, 4) is 0 Å². The molecule has 84 valence electrons. The Labute approximate surface area is 108 Å².